The molecule has 0 aliphatic carbocycles. The van der Waals surface area contributed by atoms with Gasteiger partial charge < -0.3 is 24.4 Å². The van der Waals surface area contributed by atoms with E-state index < -0.39 is 19.8 Å². The Morgan fingerprint density at radius 2 is 1.77 bits per heavy atom. The second-order valence-electron chi connectivity index (χ2n) is 12.9. The minimum Gasteiger partial charge on any atom is -0.497 e. The van der Waals surface area contributed by atoms with Gasteiger partial charge in [-0.3, -0.25) is 9.59 Å². The Morgan fingerprint density at radius 1 is 1.09 bits per heavy atom. The minimum absolute atomic E-state index is 0.0508. The van der Waals surface area contributed by atoms with Gasteiger partial charge in [0.25, 0.3) is 5.91 Å². The highest BCUT2D eigenvalue weighted by atomic mass is 28.3. The number of aliphatic hydroxyl groups is 1. The predicted octanol–water partition coefficient (Wildman–Crippen LogP) is 4.78. The van der Waals surface area contributed by atoms with Crippen LogP contribution in [0, 0.1) is 5.92 Å². The number of anilines is 1. The lowest BCUT2D eigenvalue weighted by molar-refractivity contribution is -0.150. The number of aliphatic hydroxyl groups excluding tert-OH is 1. The van der Waals surface area contributed by atoms with Crippen molar-refractivity contribution in [1.82, 2.24) is 4.90 Å². The quantitative estimate of drug-likeness (QED) is 0.294. The van der Waals surface area contributed by atoms with Crippen molar-refractivity contribution < 1.29 is 24.2 Å². The van der Waals surface area contributed by atoms with Crippen molar-refractivity contribution in [2.24, 2.45) is 5.92 Å². The molecule has 7 nitrogen and oxygen atoms in total. The summed E-state index contributed by atoms with van der Waals surface area (Å²) in [7, 11) is -0.725. The number of methoxy groups -OCH3 is 1. The fourth-order valence-corrected chi connectivity index (χ4v) is 12.1. The molecule has 44 heavy (non-hydrogen) atoms. The van der Waals surface area contributed by atoms with Crippen LogP contribution in [0.25, 0.3) is 0 Å². The van der Waals surface area contributed by atoms with Crippen LogP contribution >= 0.6 is 0 Å². The van der Waals surface area contributed by atoms with Gasteiger partial charge in [-0.15, -0.1) is 6.58 Å². The molecule has 8 heteroatoms. The van der Waals surface area contributed by atoms with Crippen LogP contribution in [-0.2, 0) is 32.9 Å². The lowest BCUT2D eigenvalue weighted by atomic mass is 9.82. The first-order chi connectivity index (χ1) is 21.2. The molecule has 1 saturated heterocycles. The van der Waals surface area contributed by atoms with E-state index in [1.54, 1.807) is 18.1 Å². The average molecular weight is 611 g/mol. The van der Waals surface area contributed by atoms with Gasteiger partial charge >= 0.3 is 0 Å². The number of carbonyl (C=O) groups excluding carboxylic acids is 2. The molecule has 230 valence electrons. The Morgan fingerprint density at radius 3 is 2.45 bits per heavy atom. The van der Waals surface area contributed by atoms with Crippen LogP contribution in [0.4, 0.5) is 5.69 Å². The summed E-state index contributed by atoms with van der Waals surface area (Å²) < 4.78 is 12.5. The summed E-state index contributed by atoms with van der Waals surface area (Å²) in [5.41, 5.74) is 2.72. The Hall–Kier alpha value is -3.72. The largest absolute Gasteiger partial charge is 0.497 e. The normalized spacial score (nSPS) is 26.1. The standard InChI is InChI=1S/C36H42N2O5Si/c1-6-19-37-31-14-10-9-13-30(31)36(35(37)41)24(2)34(44(4,5)29-17-15-28(42-3)16-18-29)32(43-36)21-33(40)38-22-26-12-8-7-11-25(26)20-27(38)23-39/h6-18,24,27,32,34,39H,1,19-23H2,2-5H3/t24-,27-,32+,34-,36+/m0/s1. The SMILES string of the molecule is C=CCN1C(=O)[C@]2(O[C@H](CC(=O)N3Cc4ccccc4C[C@H]3CO)[C@@H]([Si](C)(C)c3ccc(OC)cc3)[C@@H]2C)c2ccccc21. The van der Waals surface area contributed by atoms with Crippen molar-refractivity contribution in [2.45, 2.75) is 62.7 Å². The fraction of sp³-hybridized carbons (Fsp3) is 0.389. The van der Waals surface area contributed by atoms with E-state index in [1.807, 2.05) is 53.4 Å². The smallest absolute Gasteiger partial charge is 0.264 e. The van der Waals surface area contributed by atoms with Gasteiger partial charge in [0.2, 0.25) is 5.91 Å². The summed E-state index contributed by atoms with van der Waals surface area (Å²) in [4.78, 5) is 32.3. The zero-order chi connectivity index (χ0) is 31.2. The van der Waals surface area contributed by atoms with Crippen molar-refractivity contribution in [3.05, 3.63) is 102 Å². The molecule has 5 atom stereocenters. The Labute approximate surface area is 261 Å². The zero-order valence-corrected chi connectivity index (χ0v) is 27.0. The number of hydrogen-bond acceptors (Lipinski definition) is 5. The minimum atomic E-state index is -2.38. The van der Waals surface area contributed by atoms with E-state index in [-0.39, 0.29) is 42.3 Å². The number of para-hydroxylation sites is 1. The van der Waals surface area contributed by atoms with Crippen molar-refractivity contribution in [3.63, 3.8) is 0 Å². The summed E-state index contributed by atoms with van der Waals surface area (Å²) in [6.45, 7) is 11.4. The van der Waals surface area contributed by atoms with E-state index in [4.69, 9.17) is 9.47 Å². The summed E-state index contributed by atoms with van der Waals surface area (Å²) in [6.07, 6.45) is 2.00. The van der Waals surface area contributed by atoms with E-state index in [2.05, 4.69) is 50.9 Å². The molecule has 0 aromatic heterocycles. The predicted molar refractivity (Wildman–Crippen MR) is 175 cm³/mol. The van der Waals surface area contributed by atoms with Crippen LogP contribution in [0.2, 0.25) is 18.6 Å². The molecule has 1 spiro atoms. The number of ether oxygens (including phenoxy) is 2. The molecular weight excluding hydrogens is 568 g/mol. The number of carbonyl (C=O) groups is 2. The Kier molecular flexibility index (Phi) is 8.03. The van der Waals surface area contributed by atoms with Gasteiger partial charge in [0, 0.05) is 24.6 Å². The zero-order valence-electron chi connectivity index (χ0n) is 26.0. The molecule has 0 unspecified atom stereocenters. The summed E-state index contributed by atoms with van der Waals surface area (Å²) in [6, 6.07) is 23.9. The van der Waals surface area contributed by atoms with Gasteiger partial charge in [-0.25, -0.2) is 0 Å². The van der Waals surface area contributed by atoms with Crippen LogP contribution in [0.5, 0.6) is 5.75 Å². The molecule has 3 aliphatic heterocycles. The van der Waals surface area contributed by atoms with Crippen LogP contribution in [-0.4, -0.2) is 62.3 Å². The van der Waals surface area contributed by atoms with Gasteiger partial charge in [0.1, 0.15) is 5.75 Å². The first-order valence-electron chi connectivity index (χ1n) is 15.5. The topological polar surface area (TPSA) is 79.3 Å². The maximum atomic E-state index is 14.5. The molecule has 0 bridgehead atoms. The third-order valence-electron chi connectivity index (χ3n) is 10.3. The van der Waals surface area contributed by atoms with Crippen LogP contribution in [0.15, 0.2) is 85.5 Å². The molecule has 0 radical (unpaired) electrons. The molecule has 3 heterocycles. The van der Waals surface area contributed by atoms with E-state index >= 15 is 0 Å². The fourth-order valence-electron chi connectivity index (χ4n) is 8.11. The van der Waals surface area contributed by atoms with Crippen molar-refractivity contribution in [3.8, 4) is 5.75 Å². The lowest BCUT2D eigenvalue weighted by Gasteiger charge is -2.39. The number of fused-ring (bicyclic) bond motifs is 3. The molecule has 3 aliphatic rings. The highest BCUT2D eigenvalue weighted by Crippen LogP contribution is 2.60. The summed E-state index contributed by atoms with van der Waals surface area (Å²) in [5.74, 6) is 0.450. The number of amides is 2. The number of rotatable bonds is 8. The molecule has 2 amide bonds. The van der Waals surface area contributed by atoms with Gasteiger partial charge in [-0.2, -0.15) is 0 Å². The maximum absolute atomic E-state index is 14.5. The van der Waals surface area contributed by atoms with Crippen LogP contribution in [0.3, 0.4) is 0 Å². The molecule has 0 saturated carbocycles. The number of nitrogens with zero attached hydrogens (tertiary/aromatic N) is 2. The average Bonchev–Trinajstić information content (AvgIpc) is 3.47. The van der Waals surface area contributed by atoms with Gasteiger partial charge in [-0.1, -0.05) is 85.9 Å². The highest BCUT2D eigenvalue weighted by molar-refractivity contribution is 6.91. The van der Waals surface area contributed by atoms with Gasteiger partial charge in [0.15, 0.2) is 5.60 Å². The molecule has 1 fully saturated rings. The summed E-state index contributed by atoms with van der Waals surface area (Å²) >= 11 is 0. The molecule has 3 aromatic rings. The van der Waals surface area contributed by atoms with Crippen LogP contribution in [0.1, 0.15) is 30.0 Å². The second kappa shape index (κ2) is 11.7. The van der Waals surface area contributed by atoms with E-state index in [1.165, 1.54) is 10.8 Å². The van der Waals surface area contributed by atoms with Gasteiger partial charge in [0.05, 0.1) is 46.0 Å². The third kappa shape index (κ3) is 4.71. The number of hydrogen-bond donors (Lipinski definition) is 1. The van der Waals surface area contributed by atoms with E-state index in [0.717, 1.165) is 22.6 Å². The van der Waals surface area contributed by atoms with E-state index in [9.17, 15) is 14.7 Å². The van der Waals surface area contributed by atoms with Crippen molar-refractivity contribution in [1.29, 1.82) is 0 Å². The molecule has 3 aromatic carbocycles. The van der Waals surface area contributed by atoms with E-state index in [0.29, 0.717) is 19.5 Å². The first kappa shape index (κ1) is 30.3. The van der Waals surface area contributed by atoms with Gasteiger partial charge in [-0.05, 0) is 41.3 Å². The Balaban J connectivity index is 1.41. The Bertz CT molecular complexity index is 1570. The summed E-state index contributed by atoms with van der Waals surface area (Å²) in [5, 5.41) is 11.5. The maximum Gasteiger partial charge on any atom is 0.264 e. The first-order valence-corrected chi connectivity index (χ1v) is 18.6. The van der Waals surface area contributed by atoms with Crippen molar-refractivity contribution in [2.75, 3.05) is 25.2 Å². The highest BCUT2D eigenvalue weighted by Gasteiger charge is 2.66. The van der Waals surface area contributed by atoms with Crippen molar-refractivity contribution >= 4 is 30.8 Å². The van der Waals surface area contributed by atoms with Crippen LogP contribution < -0.4 is 14.8 Å². The third-order valence-corrected chi connectivity index (χ3v) is 14.7. The monoisotopic (exact) mass is 610 g/mol. The molecule has 1 N–H and O–H groups in total. The lowest BCUT2D eigenvalue weighted by Crippen LogP contribution is -2.52. The number of benzene rings is 3. The molecular formula is C36H42N2O5Si. The molecule has 6 rings (SSSR count). The second-order valence-corrected chi connectivity index (χ2v) is 17.6.